The van der Waals surface area contributed by atoms with Crippen LogP contribution in [0.3, 0.4) is 0 Å². The zero-order chi connectivity index (χ0) is 24.4. The molecular weight excluding hydrogens is 460 g/mol. The Morgan fingerprint density at radius 1 is 1.03 bits per heavy atom. The van der Waals surface area contributed by atoms with Crippen LogP contribution < -0.4 is 0 Å². The van der Waals surface area contributed by atoms with Crippen LogP contribution in [-0.4, -0.2) is 54.3 Å². The van der Waals surface area contributed by atoms with Crippen molar-refractivity contribution in [3.05, 3.63) is 71.4 Å². The number of nitrogens with zero attached hydrogens (tertiary/aromatic N) is 4. The minimum absolute atomic E-state index is 0.131. The molecule has 0 spiro atoms. The highest BCUT2D eigenvalue weighted by molar-refractivity contribution is 7.89. The Hall–Kier alpha value is -3.41. The molecule has 1 aliphatic carbocycles. The number of aromatic nitrogens is 1. The minimum atomic E-state index is -3.57. The zero-order valence-corrected chi connectivity index (χ0v) is 20.4. The molecular formula is C27H28N4O3S. The molecule has 5 rings (SSSR count). The molecule has 35 heavy (non-hydrogen) atoms. The molecule has 0 bridgehead atoms. The van der Waals surface area contributed by atoms with E-state index in [1.54, 1.807) is 23.1 Å². The quantitative estimate of drug-likeness (QED) is 0.496. The number of sulfonamides is 1. The van der Waals surface area contributed by atoms with Gasteiger partial charge in [-0.3, -0.25) is 4.79 Å². The molecule has 1 aliphatic heterocycles. The third kappa shape index (κ3) is 4.62. The van der Waals surface area contributed by atoms with Gasteiger partial charge in [0.25, 0.3) is 0 Å². The average molecular weight is 489 g/mol. The first-order valence-corrected chi connectivity index (χ1v) is 13.4. The van der Waals surface area contributed by atoms with E-state index in [9.17, 15) is 13.2 Å². The van der Waals surface area contributed by atoms with Crippen LogP contribution in [0.2, 0.25) is 0 Å². The average Bonchev–Trinajstić information content (AvgIpc) is 3.50. The van der Waals surface area contributed by atoms with Crippen molar-refractivity contribution in [1.82, 2.24) is 13.8 Å². The van der Waals surface area contributed by atoms with Crippen molar-refractivity contribution in [2.75, 3.05) is 26.2 Å². The van der Waals surface area contributed by atoms with Crippen LogP contribution in [0.5, 0.6) is 0 Å². The van der Waals surface area contributed by atoms with Crippen molar-refractivity contribution < 1.29 is 13.2 Å². The first-order valence-electron chi connectivity index (χ1n) is 12.0. The largest absolute Gasteiger partial charge is 0.346 e. The fourth-order valence-corrected chi connectivity index (χ4v) is 6.51. The summed E-state index contributed by atoms with van der Waals surface area (Å²) in [5, 5.41) is 9.96. The lowest BCUT2D eigenvalue weighted by atomic mass is 10.1. The molecule has 1 saturated heterocycles. The van der Waals surface area contributed by atoms with Crippen LogP contribution in [0.15, 0.2) is 59.6 Å². The summed E-state index contributed by atoms with van der Waals surface area (Å²) < 4.78 is 29.8. The summed E-state index contributed by atoms with van der Waals surface area (Å²) in [6.07, 6.45) is 8.77. The molecule has 3 aromatic rings. The van der Waals surface area contributed by atoms with Gasteiger partial charge in [0.05, 0.1) is 17.4 Å². The number of benzene rings is 2. The highest BCUT2D eigenvalue weighted by atomic mass is 32.2. The summed E-state index contributed by atoms with van der Waals surface area (Å²) in [4.78, 5) is 14.9. The molecule has 1 aromatic heterocycles. The van der Waals surface area contributed by atoms with Crippen LogP contribution >= 0.6 is 0 Å². The van der Waals surface area contributed by atoms with Gasteiger partial charge in [-0.1, -0.05) is 24.3 Å². The lowest BCUT2D eigenvalue weighted by Gasteiger charge is -2.33. The van der Waals surface area contributed by atoms with E-state index in [2.05, 4.69) is 6.07 Å². The number of piperazine rings is 1. The molecule has 1 amide bonds. The number of para-hydroxylation sites is 1. The second kappa shape index (κ2) is 9.68. The van der Waals surface area contributed by atoms with Gasteiger partial charge in [-0.2, -0.15) is 9.57 Å². The van der Waals surface area contributed by atoms with E-state index in [-0.39, 0.29) is 19.0 Å². The lowest BCUT2D eigenvalue weighted by Crippen LogP contribution is -2.50. The number of carbonyl (C=O) groups excluding carboxylic acids is 1. The van der Waals surface area contributed by atoms with Gasteiger partial charge < -0.3 is 9.47 Å². The van der Waals surface area contributed by atoms with E-state index in [1.807, 2.05) is 47.2 Å². The van der Waals surface area contributed by atoms with Gasteiger partial charge in [0.1, 0.15) is 0 Å². The minimum Gasteiger partial charge on any atom is -0.346 e. The number of carbonyl (C=O) groups is 1. The van der Waals surface area contributed by atoms with Gasteiger partial charge in [0, 0.05) is 61.5 Å². The van der Waals surface area contributed by atoms with Gasteiger partial charge >= 0.3 is 0 Å². The lowest BCUT2D eigenvalue weighted by molar-refractivity contribution is -0.127. The zero-order valence-electron chi connectivity index (χ0n) is 19.6. The molecule has 2 heterocycles. The maximum atomic E-state index is 13.2. The normalized spacial score (nSPS) is 16.6. The van der Waals surface area contributed by atoms with E-state index >= 15 is 0 Å². The van der Waals surface area contributed by atoms with Gasteiger partial charge in [0.15, 0.2) is 0 Å². The number of aryl methyl sites for hydroxylation is 3. The first-order chi connectivity index (χ1) is 17.0. The third-order valence-corrected chi connectivity index (χ3v) is 8.84. The molecule has 1 fully saturated rings. The molecule has 8 heteroatoms. The van der Waals surface area contributed by atoms with E-state index in [4.69, 9.17) is 5.26 Å². The Morgan fingerprint density at radius 2 is 1.80 bits per heavy atom. The van der Waals surface area contributed by atoms with Gasteiger partial charge in [-0.05, 0) is 54.7 Å². The summed E-state index contributed by atoms with van der Waals surface area (Å²) in [6, 6.07) is 15.6. The van der Waals surface area contributed by atoms with E-state index in [0.717, 1.165) is 41.3 Å². The molecule has 2 aliphatic rings. The Morgan fingerprint density at radius 3 is 2.60 bits per heavy atom. The van der Waals surface area contributed by atoms with E-state index in [1.165, 1.54) is 9.87 Å². The highest BCUT2D eigenvalue weighted by Crippen LogP contribution is 2.27. The SMILES string of the molecule is N#CCCn1cc(C=CC(=O)N2CCN(S(=O)(=O)c3ccc4c(c3)CCC4)CC2)c2ccccc21. The molecule has 0 saturated carbocycles. The molecule has 0 radical (unpaired) electrons. The fourth-order valence-electron chi connectivity index (χ4n) is 5.04. The van der Waals surface area contributed by atoms with Crippen LogP contribution in [0.25, 0.3) is 17.0 Å². The topological polar surface area (TPSA) is 86.4 Å². The number of nitriles is 1. The molecule has 0 N–H and O–H groups in total. The summed E-state index contributed by atoms with van der Waals surface area (Å²) >= 11 is 0. The highest BCUT2D eigenvalue weighted by Gasteiger charge is 2.30. The van der Waals surface area contributed by atoms with Crippen molar-refractivity contribution in [2.24, 2.45) is 0 Å². The maximum absolute atomic E-state index is 13.2. The van der Waals surface area contributed by atoms with Crippen molar-refractivity contribution >= 4 is 32.9 Å². The van der Waals surface area contributed by atoms with Crippen molar-refractivity contribution in [3.8, 4) is 6.07 Å². The summed E-state index contributed by atoms with van der Waals surface area (Å²) in [6.45, 7) is 1.88. The molecule has 2 aromatic carbocycles. The maximum Gasteiger partial charge on any atom is 0.246 e. The second-order valence-electron chi connectivity index (χ2n) is 9.05. The number of rotatable bonds is 6. The van der Waals surface area contributed by atoms with Crippen LogP contribution in [0.1, 0.15) is 29.5 Å². The molecule has 0 atom stereocenters. The Balaban J connectivity index is 1.25. The van der Waals surface area contributed by atoms with Crippen LogP contribution in [-0.2, 0) is 34.2 Å². The summed E-state index contributed by atoms with van der Waals surface area (Å²) in [5.74, 6) is -0.131. The summed E-state index contributed by atoms with van der Waals surface area (Å²) in [5.41, 5.74) is 4.34. The van der Waals surface area contributed by atoms with Gasteiger partial charge in [-0.25, -0.2) is 8.42 Å². The Labute approximate surface area is 205 Å². The monoisotopic (exact) mass is 488 g/mol. The predicted octanol–water partition coefficient (Wildman–Crippen LogP) is 3.59. The number of amides is 1. The molecule has 7 nitrogen and oxygen atoms in total. The Kier molecular flexibility index (Phi) is 6.46. The van der Waals surface area contributed by atoms with Crippen LogP contribution in [0.4, 0.5) is 0 Å². The smallest absolute Gasteiger partial charge is 0.246 e. The van der Waals surface area contributed by atoms with Gasteiger partial charge in [0.2, 0.25) is 15.9 Å². The van der Waals surface area contributed by atoms with Gasteiger partial charge in [-0.15, -0.1) is 0 Å². The second-order valence-corrected chi connectivity index (χ2v) is 11.0. The first kappa shape index (κ1) is 23.3. The molecule has 180 valence electrons. The fraction of sp³-hybridized carbons (Fsp3) is 0.333. The van der Waals surface area contributed by atoms with E-state index in [0.29, 0.717) is 31.0 Å². The number of hydrogen-bond acceptors (Lipinski definition) is 4. The predicted molar refractivity (Wildman–Crippen MR) is 135 cm³/mol. The van der Waals surface area contributed by atoms with Crippen molar-refractivity contribution in [2.45, 2.75) is 37.1 Å². The van der Waals surface area contributed by atoms with Crippen LogP contribution in [0, 0.1) is 11.3 Å². The standard InChI is InChI=1S/C27H28N4O3S/c28-13-4-14-30-20-23(25-7-1-2-8-26(25)30)10-12-27(32)29-15-17-31(18-16-29)35(33,34)24-11-9-21-5-3-6-22(21)19-24/h1-2,7-12,19-20H,3-6,14-18H2. The third-order valence-electron chi connectivity index (χ3n) is 6.95. The molecule has 0 unspecified atom stereocenters. The van der Waals surface area contributed by atoms with Crippen molar-refractivity contribution in [1.29, 1.82) is 5.26 Å². The Bertz CT molecular complexity index is 1440. The number of hydrogen-bond donors (Lipinski definition) is 0. The van der Waals surface area contributed by atoms with Crippen molar-refractivity contribution in [3.63, 3.8) is 0 Å². The van der Waals surface area contributed by atoms with E-state index < -0.39 is 10.0 Å². The summed E-state index contributed by atoms with van der Waals surface area (Å²) in [7, 11) is -3.57. The number of fused-ring (bicyclic) bond motifs is 2.